The van der Waals surface area contributed by atoms with E-state index in [2.05, 4.69) is 4.31 Å². The largest absolute Gasteiger partial charge is 0.745 e. The molecular formula is CH4F2O5P2+2. The van der Waals surface area contributed by atoms with E-state index in [9.17, 15) is 17.9 Å². The molecule has 0 fully saturated rings. The second kappa shape index (κ2) is 8.94. The topological polar surface area (TPSA) is 83.8 Å². The van der Waals surface area contributed by atoms with Crippen molar-refractivity contribution >= 4 is 16.5 Å². The van der Waals surface area contributed by atoms with Gasteiger partial charge in [-0.2, -0.15) is 0 Å². The van der Waals surface area contributed by atoms with Crippen molar-refractivity contribution in [3.05, 3.63) is 0 Å². The predicted octanol–water partition coefficient (Wildman–Crippen LogP) is 1.19. The van der Waals surface area contributed by atoms with E-state index in [1.165, 1.54) is 0 Å². The average Bonchev–Trinajstić information content (AvgIpc) is 1.62. The van der Waals surface area contributed by atoms with Crippen molar-refractivity contribution in [3.63, 3.8) is 0 Å². The lowest BCUT2D eigenvalue weighted by atomic mass is 11.7. The number of hydrogen-bond donors (Lipinski definition) is 2. The Balaban J connectivity index is 0. The lowest BCUT2D eigenvalue weighted by Crippen LogP contribution is -1.58. The van der Waals surface area contributed by atoms with Crippen LogP contribution in [0, 0.1) is 0 Å². The van der Waals surface area contributed by atoms with Crippen molar-refractivity contribution in [2.75, 3.05) is 6.93 Å². The zero-order valence-electron chi connectivity index (χ0n) is 4.48. The maximum Gasteiger partial charge on any atom is 0.745 e. The highest BCUT2D eigenvalue weighted by molar-refractivity contribution is 7.46. The predicted molar refractivity (Wildman–Crippen MR) is 27.8 cm³/mol. The molecule has 0 bridgehead atoms. The summed E-state index contributed by atoms with van der Waals surface area (Å²) >= 11 is 0. The molecule has 2 N–H and O–H groups in total. The van der Waals surface area contributed by atoms with E-state index >= 15 is 0 Å². The van der Waals surface area contributed by atoms with Gasteiger partial charge in [0.1, 0.15) is 0 Å². The third-order valence-corrected chi connectivity index (χ3v) is 1.26. The van der Waals surface area contributed by atoms with Gasteiger partial charge in [-0.05, 0) is 0 Å². The smallest absolute Gasteiger partial charge is 0.214 e. The van der Waals surface area contributed by atoms with E-state index in [-0.39, 0.29) is 0 Å². The van der Waals surface area contributed by atoms with E-state index < -0.39 is 23.4 Å². The van der Waals surface area contributed by atoms with Gasteiger partial charge in [0.05, 0.1) is 0 Å². The minimum absolute atomic E-state index is 1.75. The summed E-state index contributed by atoms with van der Waals surface area (Å²) in [5.41, 5.74) is 0. The van der Waals surface area contributed by atoms with Crippen LogP contribution >= 0.6 is 16.5 Å². The Morgan fingerprint density at radius 3 is 1.40 bits per heavy atom. The van der Waals surface area contributed by atoms with E-state index in [1.54, 1.807) is 0 Å². The molecule has 0 aliphatic heterocycles. The van der Waals surface area contributed by atoms with E-state index in [1.807, 2.05) is 0 Å². The summed E-state index contributed by atoms with van der Waals surface area (Å²) in [6.07, 6.45) is 0. The van der Waals surface area contributed by atoms with Gasteiger partial charge in [-0.25, -0.2) is 8.78 Å². The van der Waals surface area contributed by atoms with Crippen LogP contribution < -0.4 is 0 Å². The number of halogens is 2. The molecule has 0 aromatic carbocycles. The number of rotatable bonds is 2. The van der Waals surface area contributed by atoms with Crippen LogP contribution in [-0.2, 0) is 13.4 Å². The molecule has 0 rings (SSSR count). The highest BCUT2D eigenvalue weighted by Crippen LogP contribution is 2.30. The first-order valence-electron chi connectivity index (χ1n) is 1.66. The summed E-state index contributed by atoms with van der Waals surface area (Å²) < 4.78 is 41.4. The van der Waals surface area contributed by atoms with Crippen LogP contribution in [-0.4, -0.2) is 16.7 Å². The first kappa shape index (κ1) is 12.6. The fraction of sp³-hybridized carbons (Fsp3) is 1.00. The summed E-state index contributed by atoms with van der Waals surface area (Å²) in [6, 6.07) is 0. The Morgan fingerprint density at radius 2 is 1.40 bits per heavy atom. The lowest BCUT2D eigenvalue weighted by molar-refractivity contribution is 0.295. The second-order valence-corrected chi connectivity index (χ2v) is 2.26. The molecule has 0 aliphatic rings. The van der Waals surface area contributed by atoms with E-state index in [4.69, 9.17) is 9.79 Å². The Bertz CT molecular complexity index is 104. The Labute approximate surface area is 56.5 Å². The standard InChI is InChI=1S/CH2F2.O5P2/c2-1-3;1-6(2)5-7(3)4/h1H2;/p+2. The van der Waals surface area contributed by atoms with Crippen molar-refractivity contribution in [1.29, 1.82) is 0 Å². The summed E-state index contributed by atoms with van der Waals surface area (Å²) in [5.74, 6) is 0. The van der Waals surface area contributed by atoms with Crippen LogP contribution in [0.5, 0.6) is 0 Å². The van der Waals surface area contributed by atoms with Crippen LogP contribution in [0.25, 0.3) is 0 Å². The quantitative estimate of drug-likeness (QED) is 0.647. The van der Waals surface area contributed by atoms with Crippen molar-refractivity contribution in [2.45, 2.75) is 0 Å². The number of hydrogen-bond acceptors (Lipinski definition) is 3. The normalized spacial score (nSPS) is 11.2. The molecule has 0 amide bonds. The van der Waals surface area contributed by atoms with Crippen molar-refractivity contribution in [3.8, 4) is 0 Å². The molecule has 0 aromatic heterocycles. The lowest BCUT2D eigenvalue weighted by Gasteiger charge is -1.50. The second-order valence-electron chi connectivity index (χ2n) is 0.658. The van der Waals surface area contributed by atoms with Gasteiger partial charge in [-0.3, -0.25) is 0 Å². The van der Waals surface area contributed by atoms with Gasteiger partial charge in [0.25, 0.3) is 0 Å². The maximum atomic E-state index is 9.62. The molecule has 0 aliphatic carbocycles. The van der Waals surface area contributed by atoms with Gasteiger partial charge < -0.3 is 0 Å². The summed E-state index contributed by atoms with van der Waals surface area (Å²) in [6.45, 7) is -1.75. The first-order valence-corrected chi connectivity index (χ1v) is 3.93. The zero-order chi connectivity index (χ0) is 8.57. The Kier molecular flexibility index (Phi) is 11.3. The minimum Gasteiger partial charge on any atom is -0.214 e. The highest BCUT2D eigenvalue weighted by atomic mass is 31.2. The van der Waals surface area contributed by atoms with Crippen LogP contribution in [0.4, 0.5) is 8.78 Å². The molecule has 5 nitrogen and oxygen atoms in total. The molecule has 0 saturated heterocycles. The SMILES string of the molecule is FCF.O=[P+](O)O[P+](=O)O. The van der Waals surface area contributed by atoms with Crippen LogP contribution in [0.2, 0.25) is 0 Å². The van der Waals surface area contributed by atoms with Crippen LogP contribution in [0.3, 0.4) is 0 Å². The van der Waals surface area contributed by atoms with Crippen LogP contribution in [0.1, 0.15) is 0 Å². The van der Waals surface area contributed by atoms with Gasteiger partial charge in [0, 0.05) is 9.13 Å². The molecule has 2 unspecified atom stereocenters. The zero-order valence-corrected chi connectivity index (χ0v) is 6.27. The molecule has 60 valence electrons. The molecule has 0 saturated carbocycles. The van der Waals surface area contributed by atoms with E-state index in [0.717, 1.165) is 0 Å². The van der Waals surface area contributed by atoms with E-state index in [0.29, 0.717) is 0 Å². The van der Waals surface area contributed by atoms with Gasteiger partial charge in [-0.15, -0.1) is 9.79 Å². The fourth-order valence-corrected chi connectivity index (χ4v) is 0.538. The molecular weight excluding hydrogens is 192 g/mol. The molecule has 0 heterocycles. The Hall–Kier alpha value is -0.0600. The maximum absolute atomic E-state index is 9.62. The van der Waals surface area contributed by atoms with Gasteiger partial charge in [0.2, 0.25) is 6.93 Å². The molecule has 0 aromatic rings. The Morgan fingerprint density at radius 1 is 1.20 bits per heavy atom. The summed E-state index contributed by atoms with van der Waals surface area (Å²) in [4.78, 5) is 15.3. The molecule has 0 radical (unpaired) electrons. The molecule has 0 spiro atoms. The third-order valence-electron chi connectivity index (χ3n) is 0.140. The highest BCUT2D eigenvalue weighted by Gasteiger charge is 2.31. The minimum atomic E-state index is -2.92. The molecule has 9 heteroatoms. The van der Waals surface area contributed by atoms with Gasteiger partial charge in [0.15, 0.2) is 4.31 Å². The first-order chi connectivity index (χ1) is 4.54. The van der Waals surface area contributed by atoms with Crippen molar-refractivity contribution < 1.29 is 32.0 Å². The average molecular weight is 196 g/mol. The van der Waals surface area contributed by atoms with Crippen molar-refractivity contribution in [1.82, 2.24) is 0 Å². The number of alkyl halides is 2. The van der Waals surface area contributed by atoms with Gasteiger partial charge >= 0.3 is 16.5 Å². The fourth-order valence-electron chi connectivity index (χ4n) is 0.0598. The summed E-state index contributed by atoms with van der Waals surface area (Å²) in [7, 11) is -5.85. The summed E-state index contributed by atoms with van der Waals surface area (Å²) in [5, 5.41) is 0. The molecule has 2 atom stereocenters. The van der Waals surface area contributed by atoms with Crippen LogP contribution in [0.15, 0.2) is 0 Å². The third kappa shape index (κ3) is 24.6. The van der Waals surface area contributed by atoms with Crippen molar-refractivity contribution in [2.24, 2.45) is 0 Å². The molecule has 10 heavy (non-hydrogen) atoms. The monoisotopic (exact) mass is 196 g/mol. The van der Waals surface area contributed by atoms with Gasteiger partial charge in [-0.1, -0.05) is 0 Å².